The van der Waals surface area contributed by atoms with Crippen LogP contribution in [0.4, 0.5) is 8.78 Å². The van der Waals surface area contributed by atoms with Gasteiger partial charge in [0, 0.05) is 32.7 Å². The Morgan fingerprint density at radius 2 is 1.40 bits per heavy atom. The molecular formula is C20H24F2N2O. The van der Waals surface area contributed by atoms with E-state index in [1.165, 1.54) is 24.3 Å². The standard InChI is InChI=1S/C20H24F2N2O/c1-20(16-2-6-18(21)7-3-16,17-4-8-19(22)9-5-17)25-15-14-24-12-10-23-11-13-24/h2-9,23H,10-15H2,1H3. The smallest absolute Gasteiger partial charge is 0.123 e. The normalized spacial score (nSPS) is 16.1. The van der Waals surface area contributed by atoms with Crippen LogP contribution < -0.4 is 5.32 Å². The molecule has 2 aromatic carbocycles. The molecule has 0 aliphatic carbocycles. The average Bonchev–Trinajstić information content (AvgIpc) is 2.63. The van der Waals surface area contributed by atoms with Crippen LogP contribution in [0.3, 0.4) is 0 Å². The second-order valence-electron chi connectivity index (χ2n) is 6.49. The van der Waals surface area contributed by atoms with Crippen LogP contribution in [0.25, 0.3) is 0 Å². The molecule has 0 aromatic heterocycles. The van der Waals surface area contributed by atoms with Crippen molar-refractivity contribution >= 4 is 0 Å². The summed E-state index contributed by atoms with van der Waals surface area (Å²) in [7, 11) is 0. The summed E-state index contributed by atoms with van der Waals surface area (Å²) in [6.45, 7) is 7.33. The third-order valence-electron chi connectivity index (χ3n) is 4.80. The van der Waals surface area contributed by atoms with E-state index in [1.54, 1.807) is 24.3 Å². The molecule has 0 unspecified atom stereocenters. The van der Waals surface area contributed by atoms with E-state index < -0.39 is 5.60 Å². The van der Waals surface area contributed by atoms with Crippen molar-refractivity contribution < 1.29 is 13.5 Å². The Morgan fingerprint density at radius 3 is 1.88 bits per heavy atom. The van der Waals surface area contributed by atoms with Gasteiger partial charge in [-0.2, -0.15) is 0 Å². The Bertz CT molecular complexity index is 622. The highest BCUT2D eigenvalue weighted by atomic mass is 19.1. The van der Waals surface area contributed by atoms with E-state index in [1.807, 2.05) is 6.92 Å². The quantitative estimate of drug-likeness (QED) is 0.870. The van der Waals surface area contributed by atoms with E-state index in [2.05, 4.69) is 10.2 Å². The summed E-state index contributed by atoms with van der Waals surface area (Å²) < 4.78 is 32.9. The highest BCUT2D eigenvalue weighted by molar-refractivity contribution is 5.35. The van der Waals surface area contributed by atoms with Gasteiger partial charge < -0.3 is 10.1 Å². The Balaban J connectivity index is 1.78. The van der Waals surface area contributed by atoms with Crippen molar-refractivity contribution in [2.75, 3.05) is 39.3 Å². The summed E-state index contributed by atoms with van der Waals surface area (Å²) in [6, 6.07) is 12.6. The van der Waals surface area contributed by atoms with Gasteiger partial charge in [0.1, 0.15) is 17.2 Å². The van der Waals surface area contributed by atoms with Gasteiger partial charge in [-0.05, 0) is 42.3 Å². The Morgan fingerprint density at radius 1 is 0.920 bits per heavy atom. The van der Waals surface area contributed by atoms with Gasteiger partial charge in [-0.15, -0.1) is 0 Å². The first-order valence-corrected chi connectivity index (χ1v) is 8.67. The number of nitrogens with one attached hydrogen (secondary N) is 1. The highest BCUT2D eigenvalue weighted by Gasteiger charge is 2.30. The summed E-state index contributed by atoms with van der Waals surface area (Å²) in [6.07, 6.45) is 0. The molecule has 1 N–H and O–H groups in total. The largest absolute Gasteiger partial charge is 0.365 e. The van der Waals surface area contributed by atoms with Crippen molar-refractivity contribution in [1.29, 1.82) is 0 Å². The summed E-state index contributed by atoms with van der Waals surface area (Å²) in [5.74, 6) is -0.572. The lowest BCUT2D eigenvalue weighted by Gasteiger charge is -2.33. The lowest BCUT2D eigenvalue weighted by atomic mass is 9.88. The van der Waals surface area contributed by atoms with Gasteiger partial charge in [-0.1, -0.05) is 24.3 Å². The number of hydrogen-bond acceptors (Lipinski definition) is 3. The van der Waals surface area contributed by atoms with Gasteiger partial charge >= 0.3 is 0 Å². The fourth-order valence-corrected chi connectivity index (χ4v) is 3.18. The minimum Gasteiger partial charge on any atom is -0.365 e. The van der Waals surface area contributed by atoms with Crippen LogP contribution in [0.5, 0.6) is 0 Å². The summed E-state index contributed by atoms with van der Waals surface area (Å²) >= 11 is 0. The first-order valence-electron chi connectivity index (χ1n) is 8.67. The van der Waals surface area contributed by atoms with Crippen LogP contribution >= 0.6 is 0 Å². The van der Waals surface area contributed by atoms with Crippen molar-refractivity contribution in [2.45, 2.75) is 12.5 Å². The van der Waals surface area contributed by atoms with Crippen LogP contribution in [0.1, 0.15) is 18.1 Å². The predicted molar refractivity (Wildman–Crippen MR) is 94.5 cm³/mol. The van der Waals surface area contributed by atoms with Gasteiger partial charge in [-0.25, -0.2) is 8.78 Å². The van der Waals surface area contributed by atoms with Crippen molar-refractivity contribution in [1.82, 2.24) is 10.2 Å². The van der Waals surface area contributed by atoms with Gasteiger partial charge in [0.05, 0.1) is 6.61 Å². The van der Waals surface area contributed by atoms with E-state index in [4.69, 9.17) is 4.74 Å². The molecule has 1 aliphatic rings. The maximum Gasteiger partial charge on any atom is 0.123 e. The molecule has 0 radical (unpaired) electrons. The van der Waals surface area contributed by atoms with E-state index in [0.29, 0.717) is 6.61 Å². The fourth-order valence-electron chi connectivity index (χ4n) is 3.18. The molecule has 3 nitrogen and oxygen atoms in total. The van der Waals surface area contributed by atoms with Gasteiger partial charge in [0.2, 0.25) is 0 Å². The Kier molecular flexibility index (Phi) is 5.78. The maximum atomic E-state index is 13.3. The van der Waals surface area contributed by atoms with Gasteiger partial charge in [0.15, 0.2) is 0 Å². The lowest BCUT2D eigenvalue weighted by molar-refractivity contribution is -0.0155. The van der Waals surface area contributed by atoms with Crippen LogP contribution in [0.2, 0.25) is 0 Å². The topological polar surface area (TPSA) is 24.5 Å². The fraction of sp³-hybridized carbons (Fsp3) is 0.400. The molecule has 1 heterocycles. The molecule has 1 aliphatic heterocycles. The molecule has 1 saturated heterocycles. The third kappa shape index (κ3) is 4.42. The van der Waals surface area contributed by atoms with E-state index in [0.717, 1.165) is 43.9 Å². The number of benzene rings is 2. The van der Waals surface area contributed by atoms with Crippen LogP contribution in [0, 0.1) is 11.6 Å². The van der Waals surface area contributed by atoms with Crippen molar-refractivity contribution in [2.24, 2.45) is 0 Å². The second kappa shape index (κ2) is 8.04. The SMILES string of the molecule is CC(OCCN1CCNCC1)(c1ccc(F)cc1)c1ccc(F)cc1. The number of nitrogens with zero attached hydrogens (tertiary/aromatic N) is 1. The first kappa shape index (κ1) is 18.0. The highest BCUT2D eigenvalue weighted by Crippen LogP contribution is 2.33. The molecule has 5 heteroatoms. The van der Waals surface area contributed by atoms with Gasteiger partial charge in [0.25, 0.3) is 0 Å². The average molecular weight is 346 g/mol. The molecule has 2 aromatic rings. The minimum absolute atomic E-state index is 0.286. The van der Waals surface area contributed by atoms with Crippen molar-refractivity contribution in [3.8, 4) is 0 Å². The minimum atomic E-state index is -0.755. The maximum absolute atomic E-state index is 13.3. The van der Waals surface area contributed by atoms with E-state index in [9.17, 15) is 8.78 Å². The second-order valence-corrected chi connectivity index (χ2v) is 6.49. The Hall–Kier alpha value is -1.82. The zero-order valence-corrected chi connectivity index (χ0v) is 14.5. The third-order valence-corrected chi connectivity index (χ3v) is 4.80. The first-order chi connectivity index (χ1) is 12.1. The summed E-state index contributed by atoms with van der Waals surface area (Å²) in [5.41, 5.74) is 0.941. The van der Waals surface area contributed by atoms with Crippen molar-refractivity contribution in [3.63, 3.8) is 0 Å². The number of halogens is 2. The van der Waals surface area contributed by atoms with Crippen LogP contribution in [-0.2, 0) is 10.3 Å². The van der Waals surface area contributed by atoms with Crippen LogP contribution in [-0.4, -0.2) is 44.2 Å². The molecule has 0 amide bonds. The zero-order valence-electron chi connectivity index (χ0n) is 14.5. The predicted octanol–water partition coefficient (Wildman–Crippen LogP) is 3.15. The summed E-state index contributed by atoms with van der Waals surface area (Å²) in [4.78, 5) is 2.35. The number of hydrogen-bond donors (Lipinski definition) is 1. The zero-order chi connectivity index (χ0) is 17.7. The molecule has 134 valence electrons. The number of piperazine rings is 1. The molecule has 0 bridgehead atoms. The monoisotopic (exact) mass is 346 g/mol. The lowest BCUT2D eigenvalue weighted by Crippen LogP contribution is -2.45. The van der Waals surface area contributed by atoms with E-state index >= 15 is 0 Å². The Labute approximate surface area is 147 Å². The number of ether oxygens (including phenoxy) is 1. The number of rotatable bonds is 6. The molecule has 0 spiro atoms. The van der Waals surface area contributed by atoms with Crippen LogP contribution in [0.15, 0.2) is 48.5 Å². The van der Waals surface area contributed by atoms with Gasteiger partial charge in [-0.3, -0.25) is 4.90 Å². The van der Waals surface area contributed by atoms with Crippen molar-refractivity contribution in [3.05, 3.63) is 71.3 Å². The molecular weight excluding hydrogens is 322 g/mol. The molecule has 0 atom stereocenters. The summed E-state index contributed by atoms with van der Waals surface area (Å²) in [5, 5.41) is 3.33. The molecule has 3 rings (SSSR count). The molecule has 25 heavy (non-hydrogen) atoms. The molecule has 0 saturated carbocycles. The van der Waals surface area contributed by atoms with E-state index in [-0.39, 0.29) is 11.6 Å². The molecule has 1 fully saturated rings.